The second-order valence-electron chi connectivity index (χ2n) is 5.38. The molecule has 1 aromatic heterocycles. The third-order valence-electron chi connectivity index (χ3n) is 2.63. The Morgan fingerprint density at radius 3 is 2.14 bits per heavy atom. The Kier molecular flexibility index (Phi) is 3.03. The van der Waals surface area contributed by atoms with E-state index in [1.54, 1.807) is 0 Å². The Morgan fingerprint density at radius 2 is 1.71 bits per heavy atom. The SMILES string of the molecule is Cc1c[b-](N(C)C)cc(C(C)(C)C)c1. The average molecular weight is 190 g/mol. The van der Waals surface area contributed by atoms with Crippen LogP contribution in [0.1, 0.15) is 31.9 Å². The summed E-state index contributed by atoms with van der Waals surface area (Å²) in [5, 5.41) is 0. The molecule has 1 nitrogen and oxygen atoms in total. The summed E-state index contributed by atoms with van der Waals surface area (Å²) < 4.78 is 0. The molecular weight excluding hydrogens is 169 g/mol. The molecule has 0 saturated heterocycles. The third-order valence-corrected chi connectivity index (χ3v) is 2.63. The van der Waals surface area contributed by atoms with E-state index in [1.165, 1.54) is 11.1 Å². The Hall–Kier alpha value is -0.785. The number of nitrogens with zero attached hydrogens (tertiary/aromatic N) is 1. The second kappa shape index (κ2) is 3.76. The van der Waals surface area contributed by atoms with Gasteiger partial charge in [0.25, 0.3) is 0 Å². The molecule has 0 aromatic carbocycles. The molecule has 0 aliphatic heterocycles. The van der Waals surface area contributed by atoms with E-state index in [0.717, 1.165) is 0 Å². The molecule has 1 heterocycles. The van der Waals surface area contributed by atoms with E-state index in [1.807, 2.05) is 0 Å². The predicted octanol–water partition coefficient (Wildman–Crippen LogP) is 2.52. The molecule has 0 spiro atoms. The van der Waals surface area contributed by atoms with Crippen molar-refractivity contribution >= 4 is 6.48 Å². The molecule has 0 aliphatic rings. The van der Waals surface area contributed by atoms with Crippen molar-refractivity contribution in [3.63, 3.8) is 0 Å². The highest BCUT2D eigenvalue weighted by Gasteiger charge is 2.11. The minimum Gasteiger partial charge on any atom is -0.588 e. The van der Waals surface area contributed by atoms with Gasteiger partial charge in [-0.15, -0.1) is 0 Å². The monoisotopic (exact) mass is 190 g/mol. The van der Waals surface area contributed by atoms with E-state index in [-0.39, 0.29) is 5.41 Å². The molecule has 14 heavy (non-hydrogen) atoms. The summed E-state index contributed by atoms with van der Waals surface area (Å²) in [6.45, 7) is 9.42. The summed E-state index contributed by atoms with van der Waals surface area (Å²) in [6.07, 6.45) is 0. The molecule has 0 radical (unpaired) electrons. The third kappa shape index (κ3) is 2.60. The Labute approximate surface area is 88.2 Å². The fourth-order valence-electron chi connectivity index (χ4n) is 1.61. The Morgan fingerprint density at radius 1 is 1.14 bits per heavy atom. The number of hydrogen-bond acceptors (Lipinski definition) is 1. The van der Waals surface area contributed by atoms with Crippen LogP contribution in [0.4, 0.5) is 0 Å². The van der Waals surface area contributed by atoms with Crippen molar-refractivity contribution in [2.75, 3.05) is 18.9 Å². The van der Waals surface area contributed by atoms with Gasteiger partial charge in [0.2, 0.25) is 0 Å². The molecule has 0 amide bonds. The number of rotatable bonds is 1. The first-order valence-corrected chi connectivity index (χ1v) is 5.22. The van der Waals surface area contributed by atoms with Crippen molar-refractivity contribution in [2.24, 2.45) is 0 Å². The normalized spacial score (nSPS) is 11.6. The standard InChI is InChI=1S/C12H21BN/c1-10-7-11(12(2,3)4)9-13(8-10)14(5)6/h7-9H,1-6H3/q-1. The molecule has 0 N–H and O–H groups in total. The van der Waals surface area contributed by atoms with Gasteiger partial charge in [0, 0.05) is 0 Å². The highest BCUT2D eigenvalue weighted by molar-refractivity contribution is 6.53. The van der Waals surface area contributed by atoms with Crippen LogP contribution in [0.2, 0.25) is 0 Å². The molecule has 1 aromatic rings. The van der Waals surface area contributed by atoms with Crippen molar-refractivity contribution in [1.82, 2.24) is 0 Å². The topological polar surface area (TPSA) is 3.24 Å². The lowest BCUT2D eigenvalue weighted by Crippen LogP contribution is -2.28. The van der Waals surface area contributed by atoms with Crippen LogP contribution in [0, 0.1) is 6.92 Å². The number of hydrogen-bond donors (Lipinski definition) is 0. The first kappa shape index (κ1) is 11.3. The van der Waals surface area contributed by atoms with Gasteiger partial charge < -0.3 is 4.81 Å². The van der Waals surface area contributed by atoms with Gasteiger partial charge in [-0.25, -0.2) is 11.9 Å². The maximum atomic E-state index is 2.35. The van der Waals surface area contributed by atoms with E-state index in [9.17, 15) is 0 Å². The van der Waals surface area contributed by atoms with E-state index in [0.29, 0.717) is 6.48 Å². The van der Waals surface area contributed by atoms with Gasteiger partial charge in [-0.3, -0.25) is 0 Å². The summed E-state index contributed by atoms with van der Waals surface area (Å²) in [4.78, 5) is 2.24. The quantitative estimate of drug-likeness (QED) is 0.657. The lowest BCUT2D eigenvalue weighted by Gasteiger charge is -2.30. The van der Waals surface area contributed by atoms with Gasteiger partial charge >= 0.3 is 0 Å². The van der Waals surface area contributed by atoms with Crippen LogP contribution in [0.3, 0.4) is 0 Å². The average Bonchev–Trinajstić information content (AvgIpc) is 2.01. The van der Waals surface area contributed by atoms with Crippen molar-refractivity contribution < 1.29 is 0 Å². The number of aryl methyl sites for hydroxylation is 1. The van der Waals surface area contributed by atoms with Crippen molar-refractivity contribution in [1.29, 1.82) is 0 Å². The fourth-order valence-corrected chi connectivity index (χ4v) is 1.61. The zero-order valence-corrected chi connectivity index (χ0v) is 10.3. The summed E-state index contributed by atoms with van der Waals surface area (Å²) >= 11 is 0. The van der Waals surface area contributed by atoms with Crippen LogP contribution >= 0.6 is 0 Å². The van der Waals surface area contributed by atoms with E-state index in [2.05, 4.69) is 64.6 Å². The van der Waals surface area contributed by atoms with Crippen molar-refractivity contribution in [3.8, 4) is 0 Å². The van der Waals surface area contributed by atoms with Crippen LogP contribution in [-0.2, 0) is 5.41 Å². The van der Waals surface area contributed by atoms with Gasteiger partial charge in [0.05, 0.1) is 0 Å². The molecule has 0 fully saturated rings. The van der Waals surface area contributed by atoms with Crippen LogP contribution in [0.15, 0.2) is 18.0 Å². The fraction of sp³-hybridized carbons (Fsp3) is 0.583. The predicted molar refractivity (Wildman–Crippen MR) is 65.9 cm³/mol. The molecular formula is C12H21BN-. The van der Waals surface area contributed by atoms with Gasteiger partial charge in [0.15, 0.2) is 0 Å². The second-order valence-corrected chi connectivity index (χ2v) is 5.38. The minimum atomic E-state index is 0.254. The molecule has 2 heteroatoms. The Balaban J connectivity index is 3.21. The molecule has 0 saturated carbocycles. The molecule has 0 bridgehead atoms. The maximum absolute atomic E-state index is 2.35. The molecule has 0 unspecified atom stereocenters. The lowest BCUT2D eigenvalue weighted by molar-refractivity contribution is 0.591. The first-order chi connectivity index (χ1) is 6.30. The largest absolute Gasteiger partial charge is 0.588 e. The maximum Gasteiger partial charge on any atom is -0.0167 e. The summed E-state index contributed by atoms with van der Waals surface area (Å²) in [7, 11) is 4.24. The van der Waals surface area contributed by atoms with Crippen molar-refractivity contribution in [2.45, 2.75) is 33.1 Å². The molecule has 1 rings (SSSR count). The van der Waals surface area contributed by atoms with E-state index in [4.69, 9.17) is 0 Å². The van der Waals surface area contributed by atoms with Gasteiger partial charge in [-0.2, -0.15) is 0 Å². The lowest BCUT2D eigenvalue weighted by atomic mass is 9.70. The summed E-state index contributed by atoms with van der Waals surface area (Å²) in [5.41, 5.74) is 3.07. The summed E-state index contributed by atoms with van der Waals surface area (Å²) in [5.74, 6) is 4.65. The van der Waals surface area contributed by atoms with Gasteiger partial charge in [-0.1, -0.05) is 38.0 Å². The highest BCUT2D eigenvalue weighted by atomic mass is 15.0. The zero-order chi connectivity index (χ0) is 10.9. The van der Waals surface area contributed by atoms with Crippen LogP contribution in [0.5, 0.6) is 0 Å². The summed E-state index contributed by atoms with van der Waals surface area (Å²) in [6, 6.07) is 2.29. The van der Waals surface area contributed by atoms with Gasteiger partial charge in [0.1, 0.15) is 0 Å². The zero-order valence-electron chi connectivity index (χ0n) is 10.3. The minimum absolute atomic E-state index is 0.254. The van der Waals surface area contributed by atoms with Crippen LogP contribution in [-0.4, -0.2) is 20.6 Å². The van der Waals surface area contributed by atoms with Gasteiger partial charge in [-0.05, 0) is 32.9 Å². The Bertz CT molecular complexity index is 324. The van der Waals surface area contributed by atoms with Crippen LogP contribution < -0.4 is 4.81 Å². The van der Waals surface area contributed by atoms with Crippen LogP contribution in [0.25, 0.3) is 0 Å². The molecule has 78 valence electrons. The van der Waals surface area contributed by atoms with Crippen molar-refractivity contribution in [3.05, 3.63) is 29.1 Å². The van der Waals surface area contributed by atoms with E-state index < -0.39 is 0 Å². The molecule has 0 aliphatic carbocycles. The highest BCUT2D eigenvalue weighted by Crippen LogP contribution is 2.22. The first-order valence-electron chi connectivity index (χ1n) is 5.22. The molecule has 0 atom stereocenters. The van der Waals surface area contributed by atoms with E-state index >= 15 is 0 Å². The smallest absolute Gasteiger partial charge is 0.0167 e.